The molecular weight excluding hydrogens is 533 g/mol. The van der Waals surface area contributed by atoms with Crippen molar-refractivity contribution in [1.29, 1.82) is 0 Å². The molecule has 0 unspecified atom stereocenters. The number of nitrogens with zero attached hydrogens (tertiary/aromatic N) is 5. The molecule has 3 aromatic rings. The maximum atomic E-state index is 12.7. The van der Waals surface area contributed by atoms with Gasteiger partial charge < -0.3 is 14.5 Å². The number of hydrogen-bond acceptors (Lipinski definition) is 6. The van der Waals surface area contributed by atoms with E-state index in [1.807, 2.05) is 46.7 Å². The monoisotopic (exact) mass is 561 g/mol. The van der Waals surface area contributed by atoms with E-state index in [1.165, 1.54) is 0 Å². The highest BCUT2D eigenvalue weighted by atomic mass is 35.5. The first-order valence-electron chi connectivity index (χ1n) is 12.2. The van der Waals surface area contributed by atoms with Crippen molar-refractivity contribution in [2.45, 2.75) is 31.8 Å². The molecule has 1 fully saturated rings. The molecule has 2 heterocycles. The van der Waals surface area contributed by atoms with Gasteiger partial charge in [-0.15, -0.1) is 10.2 Å². The molecule has 0 atom stereocenters. The van der Waals surface area contributed by atoms with E-state index < -0.39 is 0 Å². The number of thioether (sulfide) groups is 1. The molecule has 0 aliphatic carbocycles. The highest BCUT2D eigenvalue weighted by molar-refractivity contribution is 7.99. The number of hydrogen-bond donors (Lipinski definition) is 0. The van der Waals surface area contributed by atoms with E-state index in [2.05, 4.69) is 10.2 Å². The quantitative estimate of drug-likeness (QED) is 0.258. The zero-order valence-corrected chi connectivity index (χ0v) is 23.2. The number of halogens is 2. The molecule has 4 rings (SSSR count). The Kier molecular flexibility index (Phi) is 9.34. The fraction of sp³-hybridized carbons (Fsp3) is 0.385. The Morgan fingerprint density at radius 1 is 0.973 bits per heavy atom. The van der Waals surface area contributed by atoms with Gasteiger partial charge in [0.1, 0.15) is 0 Å². The zero-order valence-electron chi connectivity index (χ0n) is 20.8. The topological polar surface area (TPSA) is 80.6 Å². The lowest BCUT2D eigenvalue weighted by molar-refractivity contribution is -0.132. The Labute approximate surface area is 230 Å². The van der Waals surface area contributed by atoms with Gasteiger partial charge in [0.05, 0.1) is 22.3 Å². The average Bonchev–Trinajstić information content (AvgIpc) is 3.32. The molecule has 2 aromatic carbocycles. The number of carbonyl (C=O) groups is 2. The van der Waals surface area contributed by atoms with Crippen molar-refractivity contribution in [3.8, 4) is 17.1 Å². The molecule has 1 aromatic heterocycles. The second-order valence-electron chi connectivity index (χ2n) is 8.62. The molecule has 37 heavy (non-hydrogen) atoms. The summed E-state index contributed by atoms with van der Waals surface area (Å²) < 4.78 is 7.01. The van der Waals surface area contributed by atoms with Gasteiger partial charge >= 0.3 is 6.09 Å². The van der Waals surface area contributed by atoms with Crippen LogP contribution in [0.5, 0.6) is 0 Å². The second-order valence-corrected chi connectivity index (χ2v) is 10.5. The lowest BCUT2D eigenvalue weighted by Crippen LogP contribution is -2.50. The number of aryl methyl sites for hydroxylation is 1. The number of aromatic nitrogens is 3. The van der Waals surface area contributed by atoms with Crippen LogP contribution in [0.15, 0.2) is 47.6 Å². The molecular formula is C26H29Cl2N5O3S. The van der Waals surface area contributed by atoms with Gasteiger partial charge in [-0.2, -0.15) is 0 Å². The van der Waals surface area contributed by atoms with E-state index in [1.54, 1.807) is 35.7 Å². The molecule has 1 saturated heterocycles. The standard InChI is InChI=1S/C26H29Cl2N5O3S/c1-3-36-26(35)32-14-12-31(13-15-32)23(34)5-4-16-37-25-30-29-24(19-8-6-18(2)7-9-19)33(25)20-10-11-21(27)22(28)17-20/h6-11,17H,3-5,12-16H2,1-2H3. The van der Waals surface area contributed by atoms with Gasteiger partial charge in [0.25, 0.3) is 0 Å². The van der Waals surface area contributed by atoms with Gasteiger partial charge in [0.2, 0.25) is 5.91 Å². The lowest BCUT2D eigenvalue weighted by Gasteiger charge is -2.34. The molecule has 1 aliphatic heterocycles. The van der Waals surface area contributed by atoms with Crippen molar-refractivity contribution >= 4 is 47.0 Å². The molecule has 0 bridgehead atoms. The lowest BCUT2D eigenvalue weighted by atomic mass is 10.1. The van der Waals surface area contributed by atoms with Crippen molar-refractivity contribution in [2.75, 3.05) is 38.5 Å². The maximum Gasteiger partial charge on any atom is 0.409 e. The van der Waals surface area contributed by atoms with Gasteiger partial charge in [0.15, 0.2) is 11.0 Å². The van der Waals surface area contributed by atoms with Crippen LogP contribution in [0.3, 0.4) is 0 Å². The normalized spacial score (nSPS) is 13.6. The van der Waals surface area contributed by atoms with Crippen LogP contribution >= 0.6 is 35.0 Å². The van der Waals surface area contributed by atoms with E-state index in [0.717, 1.165) is 16.8 Å². The van der Waals surface area contributed by atoms with Crippen LogP contribution in [0.25, 0.3) is 17.1 Å². The third-order valence-electron chi connectivity index (χ3n) is 6.03. The highest BCUT2D eigenvalue weighted by Crippen LogP contribution is 2.32. The van der Waals surface area contributed by atoms with Crippen LogP contribution < -0.4 is 0 Å². The van der Waals surface area contributed by atoms with E-state index >= 15 is 0 Å². The van der Waals surface area contributed by atoms with Crippen molar-refractivity contribution in [2.24, 2.45) is 0 Å². The maximum absolute atomic E-state index is 12.7. The summed E-state index contributed by atoms with van der Waals surface area (Å²) in [4.78, 5) is 28.0. The molecule has 8 nitrogen and oxygen atoms in total. The molecule has 11 heteroatoms. The third kappa shape index (κ3) is 6.77. The number of carbonyl (C=O) groups excluding carboxylic acids is 2. The predicted octanol–water partition coefficient (Wildman–Crippen LogP) is 5.72. The fourth-order valence-electron chi connectivity index (χ4n) is 4.01. The van der Waals surface area contributed by atoms with Crippen LogP contribution in [-0.2, 0) is 9.53 Å². The first-order chi connectivity index (χ1) is 17.9. The number of rotatable bonds is 8. The van der Waals surface area contributed by atoms with E-state index in [4.69, 9.17) is 27.9 Å². The SMILES string of the molecule is CCOC(=O)N1CCN(C(=O)CCCSc2nnc(-c3ccc(C)cc3)n2-c2ccc(Cl)c(Cl)c2)CC1. The molecule has 0 N–H and O–H groups in total. The molecule has 0 saturated carbocycles. The minimum Gasteiger partial charge on any atom is -0.450 e. The molecule has 0 radical (unpaired) electrons. The van der Waals surface area contributed by atoms with Crippen LogP contribution in [0, 0.1) is 6.92 Å². The summed E-state index contributed by atoms with van der Waals surface area (Å²) in [7, 11) is 0. The fourth-order valence-corrected chi connectivity index (χ4v) is 5.19. The summed E-state index contributed by atoms with van der Waals surface area (Å²) in [6.45, 7) is 6.21. The average molecular weight is 563 g/mol. The first kappa shape index (κ1) is 27.3. The highest BCUT2D eigenvalue weighted by Gasteiger charge is 2.24. The number of amides is 2. The van der Waals surface area contributed by atoms with Crippen molar-refractivity contribution < 1.29 is 14.3 Å². The summed E-state index contributed by atoms with van der Waals surface area (Å²) in [6.07, 6.45) is 0.801. The van der Waals surface area contributed by atoms with Gasteiger partial charge in [0, 0.05) is 43.9 Å². The van der Waals surface area contributed by atoms with Gasteiger partial charge in [-0.1, -0.05) is 64.8 Å². The second kappa shape index (κ2) is 12.7. The van der Waals surface area contributed by atoms with Crippen LogP contribution in [0.1, 0.15) is 25.3 Å². The molecule has 2 amide bonds. The Morgan fingerprint density at radius 2 is 1.68 bits per heavy atom. The Hall–Kier alpha value is -2.75. The van der Waals surface area contributed by atoms with E-state index in [-0.39, 0.29) is 12.0 Å². The summed E-state index contributed by atoms with van der Waals surface area (Å²) >= 11 is 14.0. The summed E-state index contributed by atoms with van der Waals surface area (Å²) in [5.74, 6) is 1.49. The van der Waals surface area contributed by atoms with Crippen LogP contribution in [0.4, 0.5) is 4.79 Å². The minimum atomic E-state index is -0.318. The van der Waals surface area contributed by atoms with Crippen LogP contribution in [0.2, 0.25) is 10.0 Å². The Morgan fingerprint density at radius 3 is 2.35 bits per heavy atom. The number of piperazine rings is 1. The molecule has 0 spiro atoms. The first-order valence-corrected chi connectivity index (χ1v) is 13.9. The predicted molar refractivity (Wildman–Crippen MR) is 147 cm³/mol. The Balaban J connectivity index is 1.39. The van der Waals surface area contributed by atoms with Crippen molar-refractivity contribution in [3.05, 3.63) is 58.1 Å². The van der Waals surface area contributed by atoms with Crippen LogP contribution in [-0.4, -0.2) is 75.1 Å². The van der Waals surface area contributed by atoms with Gasteiger partial charge in [-0.25, -0.2) is 4.79 Å². The molecule has 196 valence electrons. The summed E-state index contributed by atoms with van der Waals surface area (Å²) in [6, 6.07) is 13.5. The summed E-state index contributed by atoms with van der Waals surface area (Å²) in [5, 5.41) is 10.6. The smallest absolute Gasteiger partial charge is 0.409 e. The summed E-state index contributed by atoms with van der Waals surface area (Å²) in [5.41, 5.74) is 2.91. The van der Waals surface area contributed by atoms with Crippen molar-refractivity contribution in [1.82, 2.24) is 24.6 Å². The van der Waals surface area contributed by atoms with E-state index in [0.29, 0.717) is 72.4 Å². The van der Waals surface area contributed by atoms with Gasteiger partial charge in [-0.05, 0) is 38.5 Å². The number of benzene rings is 2. The van der Waals surface area contributed by atoms with Gasteiger partial charge in [-0.3, -0.25) is 9.36 Å². The van der Waals surface area contributed by atoms with Crippen molar-refractivity contribution in [3.63, 3.8) is 0 Å². The van der Waals surface area contributed by atoms with E-state index in [9.17, 15) is 9.59 Å². The third-order valence-corrected chi connectivity index (χ3v) is 7.78. The largest absolute Gasteiger partial charge is 0.450 e. The minimum absolute atomic E-state index is 0.0930. The number of ether oxygens (including phenoxy) is 1. The molecule has 1 aliphatic rings. The Bertz CT molecular complexity index is 1240. The zero-order chi connectivity index (χ0) is 26.4.